The van der Waals surface area contributed by atoms with E-state index in [0.29, 0.717) is 18.8 Å². The highest BCUT2D eigenvalue weighted by molar-refractivity contribution is 5.72. The molecule has 4 rings (SSSR count). The lowest BCUT2D eigenvalue weighted by Crippen LogP contribution is -2.40. The molecule has 0 aliphatic carbocycles. The highest BCUT2D eigenvalue weighted by Gasteiger charge is 2.26. The summed E-state index contributed by atoms with van der Waals surface area (Å²) in [5.74, 6) is 0.593. The van der Waals surface area contributed by atoms with Gasteiger partial charge in [-0.25, -0.2) is 4.79 Å². The van der Waals surface area contributed by atoms with Gasteiger partial charge in [-0.15, -0.1) is 0 Å². The van der Waals surface area contributed by atoms with E-state index in [1.54, 1.807) is 10.8 Å². The number of fused-ring (bicyclic) bond motifs is 1. The van der Waals surface area contributed by atoms with Gasteiger partial charge in [-0.2, -0.15) is 0 Å². The third-order valence-electron chi connectivity index (χ3n) is 4.45. The second kappa shape index (κ2) is 6.12. The number of piperidine rings is 1. The van der Waals surface area contributed by atoms with Crippen molar-refractivity contribution in [2.24, 2.45) is 0 Å². The average Bonchev–Trinajstić information content (AvgIpc) is 2.92. The lowest BCUT2D eigenvalue weighted by Gasteiger charge is -2.33. The predicted octanol–water partition coefficient (Wildman–Crippen LogP) is 2.12. The van der Waals surface area contributed by atoms with Gasteiger partial charge in [0.1, 0.15) is 25.2 Å². The lowest BCUT2D eigenvalue weighted by atomic mass is 10.1. The highest BCUT2D eigenvalue weighted by atomic mass is 16.6. The predicted molar refractivity (Wildman–Crippen MR) is 85.2 cm³/mol. The van der Waals surface area contributed by atoms with Crippen LogP contribution in [0.25, 0.3) is 11.1 Å². The van der Waals surface area contributed by atoms with Crippen LogP contribution in [0.5, 0.6) is 0 Å². The third-order valence-corrected chi connectivity index (χ3v) is 4.45. The molecular weight excluding hydrogens is 296 g/mol. The molecule has 0 saturated carbocycles. The molecule has 122 valence electrons. The number of hydrogen-bond donors (Lipinski definition) is 0. The second-order valence-electron chi connectivity index (χ2n) is 6.04. The molecule has 1 fully saturated rings. The van der Waals surface area contributed by atoms with Gasteiger partial charge in [-0.05, 0) is 31.5 Å². The molecule has 0 spiro atoms. The van der Waals surface area contributed by atoms with Gasteiger partial charge in [-0.3, -0.25) is 9.47 Å². The largest absolute Gasteiger partial charge is 0.494 e. The third kappa shape index (κ3) is 2.86. The van der Waals surface area contributed by atoms with Gasteiger partial charge in [0, 0.05) is 6.54 Å². The molecular formula is C17H20N2O4. The molecule has 6 heteroatoms. The van der Waals surface area contributed by atoms with Gasteiger partial charge in [0.15, 0.2) is 5.58 Å². The van der Waals surface area contributed by atoms with E-state index < -0.39 is 0 Å². The van der Waals surface area contributed by atoms with E-state index in [4.69, 9.17) is 13.9 Å². The molecule has 0 unspecified atom stereocenters. The van der Waals surface area contributed by atoms with Gasteiger partial charge in [0.25, 0.3) is 0 Å². The number of aromatic nitrogens is 1. The molecule has 3 heterocycles. The molecule has 0 amide bonds. The molecule has 2 aliphatic heterocycles. The van der Waals surface area contributed by atoms with Crippen molar-refractivity contribution in [3.8, 4) is 0 Å². The summed E-state index contributed by atoms with van der Waals surface area (Å²) in [5, 5.41) is 0. The first-order valence-electron chi connectivity index (χ1n) is 8.07. The number of likely N-dealkylation sites (tertiary alicyclic amines) is 1. The Morgan fingerprint density at radius 3 is 3.00 bits per heavy atom. The summed E-state index contributed by atoms with van der Waals surface area (Å²) >= 11 is 0. The van der Waals surface area contributed by atoms with Crippen LogP contribution < -0.4 is 5.76 Å². The zero-order chi connectivity index (χ0) is 15.6. The van der Waals surface area contributed by atoms with Crippen molar-refractivity contribution in [2.45, 2.75) is 18.9 Å². The number of hydrogen-bond acceptors (Lipinski definition) is 5. The lowest BCUT2D eigenvalue weighted by molar-refractivity contribution is 0.0629. The van der Waals surface area contributed by atoms with E-state index in [9.17, 15) is 4.79 Å². The van der Waals surface area contributed by atoms with Crippen molar-refractivity contribution in [3.63, 3.8) is 0 Å². The van der Waals surface area contributed by atoms with Gasteiger partial charge >= 0.3 is 5.76 Å². The summed E-state index contributed by atoms with van der Waals surface area (Å²) in [5.41, 5.74) is 1.53. The summed E-state index contributed by atoms with van der Waals surface area (Å²) in [6, 6.07) is 7.73. The first-order chi connectivity index (χ1) is 11.3. The summed E-state index contributed by atoms with van der Waals surface area (Å²) < 4.78 is 18.1. The molecule has 6 nitrogen and oxygen atoms in total. The zero-order valence-electron chi connectivity index (χ0n) is 12.9. The van der Waals surface area contributed by atoms with Gasteiger partial charge in [0.2, 0.25) is 0 Å². The molecule has 1 aromatic heterocycles. The van der Waals surface area contributed by atoms with Crippen molar-refractivity contribution < 1.29 is 13.9 Å². The standard InChI is InChI=1S/C17H20N2O4/c20-17-19(15-5-1-2-6-16(15)23-17)13-4-3-7-18(10-13)11-14-12-21-8-9-22-14/h1-2,5-6,12-13H,3-4,7-11H2/t13-/m0/s1. The SMILES string of the molecule is O=c1oc2ccccc2n1[C@H]1CCCN(CC2=COCCO2)C1. The average molecular weight is 316 g/mol. The van der Waals surface area contributed by atoms with Crippen LogP contribution in [0.15, 0.2) is 45.5 Å². The molecule has 1 atom stereocenters. The molecule has 0 radical (unpaired) electrons. The Labute approximate surface area is 133 Å². The minimum atomic E-state index is -0.269. The number of oxazole rings is 1. The fourth-order valence-electron chi connectivity index (χ4n) is 3.43. The first kappa shape index (κ1) is 14.4. The normalized spacial score (nSPS) is 22.4. The maximum absolute atomic E-state index is 12.3. The van der Waals surface area contributed by atoms with Gasteiger partial charge in [0.05, 0.1) is 18.1 Å². The van der Waals surface area contributed by atoms with Crippen LogP contribution in [-0.2, 0) is 9.47 Å². The van der Waals surface area contributed by atoms with Crippen LogP contribution in [-0.4, -0.2) is 42.3 Å². The molecule has 2 aliphatic rings. The van der Waals surface area contributed by atoms with Crippen LogP contribution in [0.3, 0.4) is 0 Å². The summed E-state index contributed by atoms with van der Waals surface area (Å²) in [6.07, 6.45) is 3.73. The van der Waals surface area contributed by atoms with E-state index in [2.05, 4.69) is 4.90 Å². The van der Waals surface area contributed by atoms with Crippen LogP contribution in [0.2, 0.25) is 0 Å². The monoisotopic (exact) mass is 316 g/mol. The van der Waals surface area contributed by atoms with Crippen molar-refractivity contribution >= 4 is 11.1 Å². The van der Waals surface area contributed by atoms with E-state index >= 15 is 0 Å². The van der Waals surface area contributed by atoms with Crippen molar-refractivity contribution in [2.75, 3.05) is 32.8 Å². The Balaban J connectivity index is 1.55. The van der Waals surface area contributed by atoms with Gasteiger partial charge < -0.3 is 13.9 Å². The van der Waals surface area contributed by atoms with Crippen LogP contribution in [0.1, 0.15) is 18.9 Å². The number of benzene rings is 1. The Morgan fingerprint density at radius 1 is 1.22 bits per heavy atom. The van der Waals surface area contributed by atoms with E-state index in [-0.39, 0.29) is 11.8 Å². The molecule has 1 aromatic carbocycles. The Kier molecular flexibility index (Phi) is 3.83. The number of ether oxygens (including phenoxy) is 2. The van der Waals surface area contributed by atoms with Crippen molar-refractivity contribution in [1.29, 1.82) is 0 Å². The quantitative estimate of drug-likeness (QED) is 0.868. The van der Waals surface area contributed by atoms with E-state index in [1.165, 1.54) is 0 Å². The summed E-state index contributed by atoms with van der Waals surface area (Å²) in [6.45, 7) is 3.75. The highest BCUT2D eigenvalue weighted by Crippen LogP contribution is 2.25. The minimum absolute atomic E-state index is 0.130. The topological polar surface area (TPSA) is 56.8 Å². The fraction of sp³-hybridized carbons (Fsp3) is 0.471. The van der Waals surface area contributed by atoms with Crippen molar-refractivity contribution in [1.82, 2.24) is 9.47 Å². The minimum Gasteiger partial charge on any atom is -0.494 e. The Bertz CT molecular complexity index is 776. The molecule has 2 aromatic rings. The Hall–Kier alpha value is -2.21. The molecule has 0 bridgehead atoms. The zero-order valence-corrected chi connectivity index (χ0v) is 12.9. The molecule has 1 saturated heterocycles. The van der Waals surface area contributed by atoms with E-state index in [1.807, 2.05) is 24.3 Å². The number of nitrogens with zero attached hydrogens (tertiary/aromatic N) is 2. The molecule has 23 heavy (non-hydrogen) atoms. The van der Waals surface area contributed by atoms with Crippen LogP contribution >= 0.6 is 0 Å². The second-order valence-corrected chi connectivity index (χ2v) is 6.04. The van der Waals surface area contributed by atoms with Crippen molar-refractivity contribution in [3.05, 3.63) is 46.8 Å². The Morgan fingerprint density at radius 2 is 2.13 bits per heavy atom. The van der Waals surface area contributed by atoms with Gasteiger partial charge in [-0.1, -0.05) is 12.1 Å². The number of para-hydroxylation sites is 2. The van der Waals surface area contributed by atoms with Crippen LogP contribution in [0.4, 0.5) is 0 Å². The summed E-state index contributed by atoms with van der Waals surface area (Å²) in [7, 11) is 0. The number of rotatable bonds is 3. The van der Waals surface area contributed by atoms with E-state index in [0.717, 1.165) is 43.8 Å². The maximum Gasteiger partial charge on any atom is 0.420 e. The van der Waals surface area contributed by atoms with Crippen LogP contribution in [0, 0.1) is 0 Å². The summed E-state index contributed by atoms with van der Waals surface area (Å²) in [4.78, 5) is 14.6. The fourth-order valence-corrected chi connectivity index (χ4v) is 3.43. The first-order valence-corrected chi connectivity index (χ1v) is 8.07. The maximum atomic E-state index is 12.3. The molecule has 0 N–H and O–H groups in total. The smallest absolute Gasteiger partial charge is 0.420 e.